The number of benzene rings is 1. The Labute approximate surface area is 137 Å². The van der Waals surface area contributed by atoms with Gasteiger partial charge in [0, 0.05) is 32.1 Å². The van der Waals surface area contributed by atoms with Gasteiger partial charge in [-0.15, -0.1) is 0 Å². The summed E-state index contributed by atoms with van der Waals surface area (Å²) in [5, 5.41) is 0. The fourth-order valence-electron chi connectivity index (χ4n) is 3.01. The molecule has 124 valence electrons. The molecule has 2 aliphatic rings. The first-order valence-corrected chi connectivity index (χ1v) is 8.24. The maximum absolute atomic E-state index is 12.8. The summed E-state index contributed by atoms with van der Waals surface area (Å²) in [4.78, 5) is 28.6. The molecule has 1 aromatic carbocycles. The molecule has 1 aromatic rings. The highest BCUT2D eigenvalue weighted by Gasteiger charge is 2.35. The molecule has 0 bridgehead atoms. The lowest BCUT2D eigenvalue weighted by Gasteiger charge is -2.35. The van der Waals surface area contributed by atoms with Crippen molar-refractivity contribution in [3.8, 4) is 5.75 Å². The summed E-state index contributed by atoms with van der Waals surface area (Å²) >= 11 is 0. The second kappa shape index (κ2) is 6.22. The molecular formula is C18H24N2O3. The summed E-state index contributed by atoms with van der Waals surface area (Å²) in [7, 11) is 1.59. The van der Waals surface area contributed by atoms with Crippen LogP contribution in [0.5, 0.6) is 5.75 Å². The van der Waals surface area contributed by atoms with Gasteiger partial charge in [0.2, 0.25) is 5.91 Å². The Morgan fingerprint density at radius 1 is 1.00 bits per heavy atom. The molecular weight excluding hydrogens is 292 g/mol. The minimum absolute atomic E-state index is 0.0107. The van der Waals surface area contributed by atoms with Crippen LogP contribution in [0.1, 0.15) is 34.3 Å². The van der Waals surface area contributed by atoms with Crippen molar-refractivity contribution in [3.63, 3.8) is 0 Å². The lowest BCUT2D eigenvalue weighted by molar-refractivity contribution is -0.134. The summed E-state index contributed by atoms with van der Waals surface area (Å²) in [5.41, 5.74) is 2.80. The van der Waals surface area contributed by atoms with Crippen molar-refractivity contribution in [2.45, 2.75) is 26.7 Å². The van der Waals surface area contributed by atoms with Gasteiger partial charge >= 0.3 is 0 Å². The van der Waals surface area contributed by atoms with Crippen LogP contribution in [0.4, 0.5) is 0 Å². The second-order valence-electron chi connectivity index (χ2n) is 6.53. The van der Waals surface area contributed by atoms with E-state index in [4.69, 9.17) is 4.74 Å². The predicted octanol–water partition coefficient (Wildman–Crippen LogP) is 2.01. The molecule has 0 N–H and O–H groups in total. The van der Waals surface area contributed by atoms with E-state index in [-0.39, 0.29) is 17.7 Å². The number of nitrogens with zero attached hydrogens (tertiary/aromatic N) is 2. The number of carbonyl (C=O) groups excluding carboxylic acids is 2. The molecule has 0 radical (unpaired) electrons. The summed E-state index contributed by atoms with van der Waals surface area (Å²) < 4.78 is 5.38. The van der Waals surface area contributed by atoms with Gasteiger partial charge in [-0.25, -0.2) is 0 Å². The number of hydrogen-bond acceptors (Lipinski definition) is 3. The lowest BCUT2D eigenvalue weighted by Crippen LogP contribution is -2.51. The van der Waals surface area contributed by atoms with Crippen LogP contribution in [0.25, 0.3) is 0 Å². The van der Waals surface area contributed by atoms with Crippen LogP contribution in [-0.4, -0.2) is 54.9 Å². The quantitative estimate of drug-likeness (QED) is 0.857. The van der Waals surface area contributed by atoms with Crippen molar-refractivity contribution in [2.75, 3.05) is 33.3 Å². The second-order valence-corrected chi connectivity index (χ2v) is 6.53. The number of methoxy groups -OCH3 is 1. The molecule has 0 unspecified atom stereocenters. The smallest absolute Gasteiger partial charge is 0.257 e. The number of rotatable bonds is 3. The normalized spacial score (nSPS) is 18.0. The van der Waals surface area contributed by atoms with Crippen molar-refractivity contribution in [3.05, 3.63) is 28.8 Å². The van der Waals surface area contributed by atoms with Gasteiger partial charge in [0.25, 0.3) is 5.91 Å². The van der Waals surface area contributed by atoms with Gasteiger partial charge in [0.1, 0.15) is 5.75 Å². The van der Waals surface area contributed by atoms with Crippen molar-refractivity contribution >= 4 is 11.8 Å². The molecule has 0 spiro atoms. The molecule has 1 saturated heterocycles. The zero-order chi connectivity index (χ0) is 16.6. The van der Waals surface area contributed by atoms with Crippen molar-refractivity contribution in [1.29, 1.82) is 0 Å². The zero-order valence-electron chi connectivity index (χ0n) is 14.1. The van der Waals surface area contributed by atoms with E-state index in [0.717, 1.165) is 24.0 Å². The van der Waals surface area contributed by atoms with E-state index in [1.54, 1.807) is 7.11 Å². The highest BCUT2D eigenvalue weighted by molar-refractivity contribution is 5.97. The number of ether oxygens (including phenoxy) is 1. The van der Waals surface area contributed by atoms with Gasteiger partial charge in [-0.2, -0.15) is 0 Å². The minimum Gasteiger partial charge on any atom is -0.496 e. The average Bonchev–Trinajstić information content (AvgIpc) is 3.40. The average molecular weight is 316 g/mol. The molecule has 0 atom stereocenters. The summed E-state index contributed by atoms with van der Waals surface area (Å²) in [6, 6.07) is 3.81. The van der Waals surface area contributed by atoms with Gasteiger partial charge in [0.15, 0.2) is 0 Å². The standard InChI is InChI=1S/C18H24N2O3/c1-12-10-15(16(23-3)11-13(12)2)18(22)20-8-6-19(7-9-20)17(21)14-4-5-14/h10-11,14H,4-9H2,1-3H3. The van der Waals surface area contributed by atoms with E-state index < -0.39 is 0 Å². The Bertz CT molecular complexity index is 629. The summed E-state index contributed by atoms with van der Waals surface area (Å²) in [5.74, 6) is 1.12. The van der Waals surface area contributed by atoms with Gasteiger partial charge in [-0.1, -0.05) is 0 Å². The number of amides is 2. The fourth-order valence-corrected chi connectivity index (χ4v) is 3.01. The van der Waals surface area contributed by atoms with Gasteiger partial charge in [-0.3, -0.25) is 9.59 Å². The fraction of sp³-hybridized carbons (Fsp3) is 0.556. The Kier molecular flexibility index (Phi) is 4.28. The van der Waals surface area contributed by atoms with Crippen molar-refractivity contribution < 1.29 is 14.3 Å². The third kappa shape index (κ3) is 3.19. The SMILES string of the molecule is COc1cc(C)c(C)cc1C(=O)N1CCN(C(=O)C2CC2)CC1. The van der Waals surface area contributed by atoms with Gasteiger partial charge < -0.3 is 14.5 Å². The van der Waals surface area contributed by atoms with E-state index in [2.05, 4.69) is 0 Å². The number of hydrogen-bond donors (Lipinski definition) is 0. The first kappa shape index (κ1) is 15.8. The largest absolute Gasteiger partial charge is 0.496 e. The molecule has 23 heavy (non-hydrogen) atoms. The molecule has 1 saturated carbocycles. The Morgan fingerprint density at radius 2 is 1.57 bits per heavy atom. The molecule has 5 nitrogen and oxygen atoms in total. The number of carbonyl (C=O) groups is 2. The van der Waals surface area contributed by atoms with E-state index in [9.17, 15) is 9.59 Å². The monoisotopic (exact) mass is 316 g/mol. The summed E-state index contributed by atoms with van der Waals surface area (Å²) in [6.45, 7) is 6.45. The Morgan fingerprint density at radius 3 is 2.13 bits per heavy atom. The van der Waals surface area contributed by atoms with Gasteiger partial charge in [0.05, 0.1) is 12.7 Å². The van der Waals surface area contributed by atoms with Crippen LogP contribution < -0.4 is 4.74 Å². The van der Waals surface area contributed by atoms with Crippen LogP contribution >= 0.6 is 0 Å². The molecule has 1 aliphatic heterocycles. The van der Waals surface area contributed by atoms with Crippen molar-refractivity contribution in [1.82, 2.24) is 9.80 Å². The van der Waals surface area contributed by atoms with Crippen LogP contribution in [0.3, 0.4) is 0 Å². The predicted molar refractivity (Wildman–Crippen MR) is 87.7 cm³/mol. The molecule has 5 heteroatoms. The third-order valence-corrected chi connectivity index (χ3v) is 4.85. The van der Waals surface area contributed by atoms with Crippen LogP contribution in [-0.2, 0) is 4.79 Å². The molecule has 2 amide bonds. The number of piperazine rings is 1. The molecule has 3 rings (SSSR count). The highest BCUT2D eigenvalue weighted by Crippen LogP contribution is 2.31. The van der Waals surface area contributed by atoms with E-state index in [1.807, 2.05) is 35.8 Å². The third-order valence-electron chi connectivity index (χ3n) is 4.85. The Balaban J connectivity index is 1.69. The first-order chi connectivity index (χ1) is 11.0. The zero-order valence-corrected chi connectivity index (χ0v) is 14.1. The first-order valence-electron chi connectivity index (χ1n) is 8.24. The van der Waals surface area contributed by atoms with E-state index >= 15 is 0 Å². The van der Waals surface area contributed by atoms with Crippen LogP contribution in [0.2, 0.25) is 0 Å². The number of aryl methyl sites for hydroxylation is 2. The summed E-state index contributed by atoms with van der Waals surface area (Å²) in [6.07, 6.45) is 2.05. The van der Waals surface area contributed by atoms with Gasteiger partial charge in [-0.05, 0) is 49.9 Å². The molecule has 1 aliphatic carbocycles. The molecule has 2 fully saturated rings. The highest BCUT2D eigenvalue weighted by atomic mass is 16.5. The minimum atomic E-state index is -0.0107. The molecule has 0 aromatic heterocycles. The maximum atomic E-state index is 12.8. The Hall–Kier alpha value is -2.04. The lowest BCUT2D eigenvalue weighted by atomic mass is 10.0. The van der Waals surface area contributed by atoms with Crippen LogP contribution in [0, 0.1) is 19.8 Å². The van der Waals surface area contributed by atoms with E-state index in [0.29, 0.717) is 37.5 Å². The van der Waals surface area contributed by atoms with Crippen molar-refractivity contribution in [2.24, 2.45) is 5.92 Å². The molecule has 1 heterocycles. The van der Waals surface area contributed by atoms with E-state index in [1.165, 1.54) is 0 Å². The van der Waals surface area contributed by atoms with Crippen LogP contribution in [0.15, 0.2) is 12.1 Å². The maximum Gasteiger partial charge on any atom is 0.257 e. The topological polar surface area (TPSA) is 49.9 Å².